The van der Waals surface area contributed by atoms with Crippen LogP contribution in [0.5, 0.6) is 0 Å². The molecule has 3 saturated carbocycles. The van der Waals surface area contributed by atoms with E-state index < -0.39 is 0 Å². The number of fused-ring (bicyclic) bond motifs is 4. The van der Waals surface area contributed by atoms with E-state index in [2.05, 4.69) is 0 Å². The molecule has 5 aliphatic rings. The van der Waals surface area contributed by atoms with Gasteiger partial charge in [-0.05, 0) is 56.8 Å². The van der Waals surface area contributed by atoms with Crippen LogP contribution in [0, 0.1) is 29.6 Å². The van der Waals surface area contributed by atoms with Crippen molar-refractivity contribution in [2.24, 2.45) is 29.6 Å². The molecule has 0 radical (unpaired) electrons. The standard InChI is InChI=1S/C18H24O4/c19-16-14-11(10-5-1-2-7-13(10)21-16)9-18-8-4-3-6-12(18)15(14)17(20)22-18/h10-15H,1-9H2/t10-,11?,12?,13?,14?,15-,18-/m1/s1. The minimum absolute atomic E-state index is 0.101. The van der Waals surface area contributed by atoms with E-state index in [-0.39, 0.29) is 41.4 Å². The summed E-state index contributed by atoms with van der Waals surface area (Å²) >= 11 is 0. The highest BCUT2D eigenvalue weighted by atomic mass is 16.6. The van der Waals surface area contributed by atoms with Gasteiger partial charge in [0.1, 0.15) is 11.7 Å². The zero-order valence-electron chi connectivity index (χ0n) is 13.0. The maximum atomic E-state index is 12.7. The summed E-state index contributed by atoms with van der Waals surface area (Å²) in [5, 5.41) is 0. The molecule has 4 heteroatoms. The number of carbonyl (C=O) groups is 2. The SMILES string of the molecule is O=C1OC2CCCC[C@@H]2C2C[C@]34CCCCC3[C@@H](C(=O)O4)C12. The largest absolute Gasteiger partial charge is 0.462 e. The molecular weight excluding hydrogens is 280 g/mol. The first-order valence-electron chi connectivity index (χ1n) is 9.13. The Morgan fingerprint density at radius 2 is 1.68 bits per heavy atom. The topological polar surface area (TPSA) is 52.6 Å². The van der Waals surface area contributed by atoms with Gasteiger partial charge >= 0.3 is 11.9 Å². The van der Waals surface area contributed by atoms with Gasteiger partial charge in [-0.1, -0.05) is 12.8 Å². The summed E-state index contributed by atoms with van der Waals surface area (Å²) in [6, 6.07) is 0. The van der Waals surface area contributed by atoms with Crippen LogP contribution in [0.4, 0.5) is 0 Å². The molecule has 4 unspecified atom stereocenters. The molecule has 2 heterocycles. The summed E-state index contributed by atoms with van der Waals surface area (Å²) in [5.41, 5.74) is -0.235. The van der Waals surface area contributed by atoms with Crippen molar-refractivity contribution >= 4 is 11.9 Å². The van der Waals surface area contributed by atoms with Crippen molar-refractivity contribution in [1.82, 2.24) is 0 Å². The van der Waals surface area contributed by atoms with E-state index in [1.54, 1.807) is 0 Å². The van der Waals surface area contributed by atoms with Crippen molar-refractivity contribution in [3.05, 3.63) is 0 Å². The van der Waals surface area contributed by atoms with E-state index in [0.29, 0.717) is 11.8 Å². The van der Waals surface area contributed by atoms with E-state index in [0.717, 1.165) is 44.9 Å². The van der Waals surface area contributed by atoms with Crippen LogP contribution in [0.15, 0.2) is 0 Å². The van der Waals surface area contributed by atoms with Gasteiger partial charge in [0.2, 0.25) is 0 Å². The number of esters is 2. The maximum absolute atomic E-state index is 12.7. The lowest BCUT2D eigenvalue weighted by Crippen LogP contribution is -2.57. The van der Waals surface area contributed by atoms with E-state index in [4.69, 9.17) is 9.47 Å². The van der Waals surface area contributed by atoms with Gasteiger partial charge in [-0.2, -0.15) is 0 Å². The maximum Gasteiger partial charge on any atom is 0.310 e. The molecule has 4 nitrogen and oxygen atoms in total. The van der Waals surface area contributed by atoms with Gasteiger partial charge in [-0.25, -0.2) is 0 Å². The summed E-state index contributed by atoms with van der Waals surface area (Å²) in [6.07, 6.45) is 9.96. The molecule has 0 aromatic heterocycles. The first-order chi connectivity index (χ1) is 10.7. The second-order valence-corrected chi connectivity index (χ2v) is 8.18. The number of hydrogen-bond acceptors (Lipinski definition) is 4. The van der Waals surface area contributed by atoms with E-state index in [1.165, 1.54) is 12.8 Å². The summed E-state index contributed by atoms with van der Waals surface area (Å²) in [5.74, 6) is 0.412. The Hall–Kier alpha value is -1.06. The van der Waals surface area contributed by atoms with Crippen LogP contribution < -0.4 is 0 Å². The van der Waals surface area contributed by atoms with Crippen LogP contribution in [0.25, 0.3) is 0 Å². The Morgan fingerprint density at radius 3 is 2.59 bits per heavy atom. The van der Waals surface area contributed by atoms with Crippen molar-refractivity contribution in [3.8, 4) is 0 Å². The van der Waals surface area contributed by atoms with Crippen LogP contribution in [-0.4, -0.2) is 23.6 Å². The molecule has 0 spiro atoms. The van der Waals surface area contributed by atoms with Gasteiger partial charge < -0.3 is 9.47 Å². The monoisotopic (exact) mass is 304 g/mol. The summed E-state index contributed by atoms with van der Waals surface area (Å²) in [4.78, 5) is 25.2. The van der Waals surface area contributed by atoms with E-state index in [9.17, 15) is 9.59 Å². The molecule has 120 valence electrons. The third kappa shape index (κ3) is 1.59. The fraction of sp³-hybridized carbons (Fsp3) is 0.889. The molecule has 2 saturated heterocycles. The third-order valence-electron chi connectivity index (χ3n) is 7.32. The van der Waals surface area contributed by atoms with Gasteiger partial charge in [0.15, 0.2) is 0 Å². The van der Waals surface area contributed by atoms with Crippen LogP contribution >= 0.6 is 0 Å². The normalized spacial score (nSPS) is 52.9. The second kappa shape index (κ2) is 4.48. The first-order valence-corrected chi connectivity index (χ1v) is 9.13. The van der Waals surface area contributed by atoms with Crippen LogP contribution in [-0.2, 0) is 19.1 Å². The number of ether oxygens (including phenoxy) is 2. The molecule has 0 aromatic carbocycles. The van der Waals surface area contributed by atoms with E-state index >= 15 is 0 Å². The second-order valence-electron chi connectivity index (χ2n) is 8.18. The average molecular weight is 304 g/mol. The lowest BCUT2D eigenvalue weighted by molar-refractivity contribution is -0.191. The Kier molecular flexibility index (Phi) is 2.73. The zero-order valence-corrected chi connectivity index (χ0v) is 13.0. The molecule has 2 bridgehead atoms. The zero-order chi connectivity index (χ0) is 14.9. The quantitative estimate of drug-likeness (QED) is 0.646. The van der Waals surface area contributed by atoms with Gasteiger partial charge in [-0.15, -0.1) is 0 Å². The predicted octanol–water partition coefficient (Wildman–Crippen LogP) is 2.84. The Balaban J connectivity index is 1.56. The lowest BCUT2D eigenvalue weighted by Gasteiger charge is -2.53. The lowest BCUT2D eigenvalue weighted by atomic mass is 9.53. The predicted molar refractivity (Wildman–Crippen MR) is 77.7 cm³/mol. The van der Waals surface area contributed by atoms with Gasteiger partial charge in [-0.3, -0.25) is 9.59 Å². The molecule has 0 amide bonds. The van der Waals surface area contributed by atoms with Crippen molar-refractivity contribution in [1.29, 1.82) is 0 Å². The van der Waals surface area contributed by atoms with Gasteiger partial charge in [0.05, 0.1) is 11.8 Å². The van der Waals surface area contributed by atoms with Crippen LogP contribution in [0.1, 0.15) is 57.8 Å². The molecule has 7 atom stereocenters. The Labute approximate surface area is 130 Å². The smallest absolute Gasteiger partial charge is 0.310 e. The fourth-order valence-electron chi connectivity index (χ4n) is 6.52. The number of carbonyl (C=O) groups excluding carboxylic acids is 2. The van der Waals surface area contributed by atoms with Gasteiger partial charge in [0, 0.05) is 5.92 Å². The minimum Gasteiger partial charge on any atom is -0.462 e. The van der Waals surface area contributed by atoms with Crippen molar-refractivity contribution in [2.45, 2.75) is 69.5 Å². The first kappa shape index (κ1) is 13.4. The molecule has 22 heavy (non-hydrogen) atoms. The Morgan fingerprint density at radius 1 is 0.864 bits per heavy atom. The van der Waals surface area contributed by atoms with E-state index in [1.807, 2.05) is 0 Å². The van der Waals surface area contributed by atoms with Crippen molar-refractivity contribution < 1.29 is 19.1 Å². The number of rotatable bonds is 0. The number of hydrogen-bond donors (Lipinski definition) is 0. The molecule has 5 fully saturated rings. The van der Waals surface area contributed by atoms with Crippen LogP contribution in [0.3, 0.4) is 0 Å². The third-order valence-corrected chi connectivity index (χ3v) is 7.32. The minimum atomic E-state index is -0.235. The van der Waals surface area contributed by atoms with Crippen molar-refractivity contribution in [3.63, 3.8) is 0 Å². The highest BCUT2D eigenvalue weighted by Gasteiger charge is 2.68. The summed E-state index contributed by atoms with van der Waals surface area (Å²) in [6.45, 7) is 0. The van der Waals surface area contributed by atoms with Gasteiger partial charge in [0.25, 0.3) is 0 Å². The molecule has 3 aliphatic carbocycles. The fourth-order valence-corrected chi connectivity index (χ4v) is 6.52. The highest BCUT2D eigenvalue weighted by molar-refractivity contribution is 5.86. The molecule has 0 aromatic rings. The molecule has 0 N–H and O–H groups in total. The highest BCUT2D eigenvalue weighted by Crippen LogP contribution is 2.62. The van der Waals surface area contributed by atoms with Crippen LogP contribution in [0.2, 0.25) is 0 Å². The summed E-state index contributed by atoms with van der Waals surface area (Å²) in [7, 11) is 0. The molecule has 2 aliphatic heterocycles. The average Bonchev–Trinajstić information content (AvgIpc) is 2.73. The summed E-state index contributed by atoms with van der Waals surface area (Å²) < 4.78 is 11.7. The Bertz CT molecular complexity index is 529. The molecule has 5 rings (SSSR count). The van der Waals surface area contributed by atoms with Crippen molar-refractivity contribution in [2.75, 3.05) is 0 Å². The molecular formula is C18H24O4.